The molecular formula is C33H48N8O2. The molecule has 5 rings (SSSR count). The van der Waals surface area contributed by atoms with Crippen LogP contribution in [0, 0.1) is 6.92 Å². The average Bonchev–Trinajstić information content (AvgIpc) is 3.69. The highest BCUT2D eigenvalue weighted by Gasteiger charge is 2.22. The van der Waals surface area contributed by atoms with Crippen LogP contribution in [0.2, 0.25) is 0 Å². The van der Waals surface area contributed by atoms with Gasteiger partial charge in [-0.1, -0.05) is 50.6 Å². The van der Waals surface area contributed by atoms with Crippen molar-refractivity contribution in [3.63, 3.8) is 0 Å². The Hall–Kier alpha value is -4.18. The van der Waals surface area contributed by atoms with Gasteiger partial charge in [0.25, 0.3) is 0 Å². The zero-order valence-corrected chi connectivity index (χ0v) is 26.8. The number of anilines is 2. The summed E-state index contributed by atoms with van der Waals surface area (Å²) in [4.78, 5) is 24.3. The van der Waals surface area contributed by atoms with Gasteiger partial charge in [-0.3, -0.25) is 18.8 Å². The molecule has 1 saturated heterocycles. The second-order valence-corrected chi connectivity index (χ2v) is 10.6. The molecule has 43 heavy (non-hydrogen) atoms. The third-order valence-corrected chi connectivity index (χ3v) is 7.48. The minimum atomic E-state index is -0.778. The molecular weight excluding hydrogens is 540 g/mol. The molecule has 0 radical (unpaired) electrons. The first-order chi connectivity index (χ1) is 20.8. The summed E-state index contributed by atoms with van der Waals surface area (Å²) < 4.78 is 4.00. The topological polar surface area (TPSA) is 104 Å². The lowest BCUT2D eigenvalue weighted by molar-refractivity contribution is -0.138. The number of aliphatic carboxylic acids is 1. The first kappa shape index (κ1) is 33.3. The number of nitrogens with one attached hydrogen (secondary N) is 1. The Morgan fingerprint density at radius 1 is 1.19 bits per heavy atom. The fourth-order valence-electron chi connectivity index (χ4n) is 5.03. The van der Waals surface area contributed by atoms with Crippen molar-refractivity contribution in [2.75, 3.05) is 38.5 Å². The largest absolute Gasteiger partial charge is 0.480 e. The number of likely N-dealkylation sites (tertiary alicyclic amines) is 1. The van der Waals surface area contributed by atoms with E-state index in [0.717, 1.165) is 55.1 Å². The summed E-state index contributed by atoms with van der Waals surface area (Å²) in [6.07, 6.45) is 14.5. The van der Waals surface area contributed by atoms with Crippen molar-refractivity contribution < 1.29 is 9.90 Å². The van der Waals surface area contributed by atoms with Crippen molar-refractivity contribution in [3.8, 4) is 11.3 Å². The van der Waals surface area contributed by atoms with Crippen LogP contribution in [0.25, 0.3) is 16.9 Å². The Morgan fingerprint density at radius 3 is 2.58 bits per heavy atom. The van der Waals surface area contributed by atoms with Gasteiger partial charge in [-0.15, -0.1) is 0 Å². The van der Waals surface area contributed by atoms with Gasteiger partial charge < -0.3 is 15.3 Å². The third kappa shape index (κ3) is 9.15. The Labute approximate surface area is 256 Å². The van der Waals surface area contributed by atoms with Gasteiger partial charge in [-0.2, -0.15) is 5.10 Å². The monoisotopic (exact) mass is 588 g/mol. The number of hydrogen-bond donors (Lipinski definition) is 2. The second-order valence-electron chi connectivity index (χ2n) is 10.6. The first-order valence-corrected chi connectivity index (χ1v) is 15.3. The van der Waals surface area contributed by atoms with Crippen molar-refractivity contribution in [3.05, 3.63) is 72.6 Å². The maximum absolute atomic E-state index is 10.9. The fourth-order valence-corrected chi connectivity index (χ4v) is 5.03. The summed E-state index contributed by atoms with van der Waals surface area (Å²) in [6, 6.07) is 8.59. The smallest absolute Gasteiger partial charge is 0.317 e. The normalized spacial score (nSPS) is 14.0. The lowest BCUT2D eigenvalue weighted by Crippen LogP contribution is -2.38. The molecule has 0 saturated carbocycles. The first-order valence-electron chi connectivity index (χ1n) is 15.3. The zero-order chi connectivity index (χ0) is 31.4. The van der Waals surface area contributed by atoms with E-state index in [2.05, 4.69) is 84.3 Å². The summed E-state index contributed by atoms with van der Waals surface area (Å²) >= 11 is 0. The maximum atomic E-state index is 10.9. The number of imidazole rings is 1. The Kier molecular flexibility index (Phi) is 12.8. The van der Waals surface area contributed by atoms with E-state index in [4.69, 9.17) is 5.11 Å². The number of rotatable bonds is 9. The summed E-state index contributed by atoms with van der Waals surface area (Å²) in [5, 5.41) is 16.8. The molecule has 4 heterocycles. The highest BCUT2D eigenvalue weighted by molar-refractivity contribution is 5.74. The number of hydrogen-bond acceptors (Lipinski definition) is 7. The number of nitrogens with zero attached hydrogens (tertiary/aromatic N) is 7. The molecule has 232 valence electrons. The van der Waals surface area contributed by atoms with Gasteiger partial charge in [0.1, 0.15) is 0 Å². The van der Waals surface area contributed by atoms with Gasteiger partial charge in [0.05, 0.1) is 36.4 Å². The van der Waals surface area contributed by atoms with Crippen molar-refractivity contribution in [2.24, 2.45) is 0 Å². The lowest BCUT2D eigenvalue weighted by Gasteiger charge is -2.30. The van der Waals surface area contributed by atoms with Crippen LogP contribution in [-0.4, -0.2) is 78.3 Å². The number of carboxylic acid groups (broad SMARTS) is 1. The molecule has 1 fully saturated rings. The van der Waals surface area contributed by atoms with Crippen LogP contribution in [0.5, 0.6) is 0 Å². The summed E-state index contributed by atoms with van der Waals surface area (Å²) in [5.41, 5.74) is 6.22. The number of fused-ring (bicyclic) bond motifs is 1. The third-order valence-electron chi connectivity index (χ3n) is 7.48. The van der Waals surface area contributed by atoms with E-state index in [1.807, 2.05) is 52.5 Å². The molecule has 10 nitrogen and oxygen atoms in total. The van der Waals surface area contributed by atoms with E-state index in [-0.39, 0.29) is 12.6 Å². The molecule has 1 aromatic carbocycles. The van der Waals surface area contributed by atoms with E-state index in [0.29, 0.717) is 5.82 Å². The maximum Gasteiger partial charge on any atom is 0.317 e. The molecule has 0 atom stereocenters. The van der Waals surface area contributed by atoms with Gasteiger partial charge >= 0.3 is 5.97 Å². The standard InChI is InChI=1S/C23H25N7O2.C8H17N.C2H6/c1-16-3-2-4-17(11-16)20-13-25-22(23-24-7-10-29(20)23)27-18-12-26-30(14-18)19-5-8-28(9-6-19)15-21(31)32;1-5-7-9(4)8(3)6-2;1-2/h2-4,7,10-14,19H,5-6,8-9,15H2,1H3,(H,25,27)(H,31,32);6H,5,7H2,1-4H3;1-2H3/b;8-6+;. The van der Waals surface area contributed by atoms with Crippen molar-refractivity contribution in [2.45, 2.75) is 66.8 Å². The summed E-state index contributed by atoms with van der Waals surface area (Å²) in [7, 11) is 2.12. The highest BCUT2D eigenvalue weighted by Crippen LogP contribution is 2.27. The SMILES string of the molecule is C/C=C(\C)N(C)CCC.CC.Cc1cccc(-c2cnc(Nc3cnn(C4CCN(CC(=O)O)CC4)c3)c3nccn23)c1. The quantitative estimate of drug-likeness (QED) is 0.224. The van der Waals surface area contributed by atoms with E-state index >= 15 is 0 Å². The van der Waals surface area contributed by atoms with E-state index in [1.54, 1.807) is 12.4 Å². The van der Waals surface area contributed by atoms with Gasteiger partial charge in [0, 0.05) is 56.5 Å². The second kappa shape index (κ2) is 16.5. The minimum Gasteiger partial charge on any atom is -0.480 e. The minimum absolute atomic E-state index is 0.100. The molecule has 10 heteroatoms. The van der Waals surface area contributed by atoms with Crippen LogP contribution in [0.1, 0.15) is 65.5 Å². The van der Waals surface area contributed by atoms with E-state index in [9.17, 15) is 4.79 Å². The number of aromatic nitrogens is 5. The molecule has 0 spiro atoms. The molecule has 0 aliphatic carbocycles. The van der Waals surface area contributed by atoms with E-state index in [1.165, 1.54) is 17.7 Å². The molecule has 0 unspecified atom stereocenters. The zero-order valence-electron chi connectivity index (χ0n) is 26.8. The average molecular weight is 589 g/mol. The van der Waals surface area contributed by atoms with Crippen molar-refractivity contribution >= 4 is 23.1 Å². The predicted molar refractivity (Wildman–Crippen MR) is 175 cm³/mol. The fraction of sp³-hybridized carbons (Fsp3) is 0.455. The van der Waals surface area contributed by atoms with Crippen LogP contribution < -0.4 is 5.32 Å². The number of allylic oxidation sites excluding steroid dienone is 2. The Balaban J connectivity index is 0.000000397. The van der Waals surface area contributed by atoms with Crippen LogP contribution in [0.15, 0.2) is 67.0 Å². The molecule has 0 bridgehead atoms. The molecule has 2 N–H and O–H groups in total. The number of carboxylic acids is 1. The van der Waals surface area contributed by atoms with Crippen LogP contribution in [0.4, 0.5) is 11.5 Å². The predicted octanol–water partition coefficient (Wildman–Crippen LogP) is 6.64. The molecule has 0 amide bonds. The number of benzene rings is 1. The number of aryl methyl sites for hydroxylation is 1. The van der Waals surface area contributed by atoms with Crippen molar-refractivity contribution in [1.29, 1.82) is 0 Å². The van der Waals surface area contributed by atoms with Gasteiger partial charge in [-0.05, 0) is 46.1 Å². The van der Waals surface area contributed by atoms with Gasteiger partial charge in [0.15, 0.2) is 11.5 Å². The van der Waals surface area contributed by atoms with E-state index < -0.39 is 5.97 Å². The molecule has 4 aromatic rings. The van der Waals surface area contributed by atoms with Crippen LogP contribution in [0.3, 0.4) is 0 Å². The number of piperidine rings is 1. The highest BCUT2D eigenvalue weighted by atomic mass is 16.4. The van der Waals surface area contributed by atoms with Crippen LogP contribution in [-0.2, 0) is 4.79 Å². The van der Waals surface area contributed by atoms with Crippen LogP contribution >= 0.6 is 0 Å². The molecule has 1 aliphatic rings. The van der Waals surface area contributed by atoms with Gasteiger partial charge in [-0.25, -0.2) is 9.97 Å². The molecule has 3 aromatic heterocycles. The Bertz CT molecular complexity index is 1470. The van der Waals surface area contributed by atoms with Crippen molar-refractivity contribution in [1.82, 2.24) is 33.9 Å². The van der Waals surface area contributed by atoms with Gasteiger partial charge in [0.2, 0.25) is 0 Å². The molecule has 1 aliphatic heterocycles. The summed E-state index contributed by atoms with van der Waals surface area (Å²) in [5.74, 6) is -0.109. The number of carbonyl (C=O) groups is 1. The Morgan fingerprint density at radius 2 is 1.93 bits per heavy atom. The summed E-state index contributed by atoms with van der Waals surface area (Å²) in [6.45, 7) is 15.3. The lowest BCUT2D eigenvalue weighted by atomic mass is 10.1.